The van der Waals surface area contributed by atoms with Crippen LogP contribution in [0, 0.1) is 0 Å². The maximum absolute atomic E-state index is 10.9. The SMILES string of the molecule is COc1cc(Br)cc(Nc2cc(C(=O)O)ccn2)c1. The molecule has 2 rings (SSSR count). The van der Waals surface area contributed by atoms with Crippen LogP contribution in [0.15, 0.2) is 41.0 Å². The Hall–Kier alpha value is -2.08. The van der Waals surface area contributed by atoms with Gasteiger partial charge in [0.05, 0.1) is 12.7 Å². The maximum Gasteiger partial charge on any atom is 0.335 e. The van der Waals surface area contributed by atoms with E-state index in [-0.39, 0.29) is 5.56 Å². The molecule has 0 aliphatic heterocycles. The quantitative estimate of drug-likeness (QED) is 0.903. The largest absolute Gasteiger partial charge is 0.497 e. The number of ether oxygens (including phenoxy) is 1. The van der Waals surface area contributed by atoms with Crippen LogP contribution in [0.4, 0.5) is 11.5 Å². The van der Waals surface area contributed by atoms with Gasteiger partial charge < -0.3 is 15.2 Å². The zero-order chi connectivity index (χ0) is 13.8. The summed E-state index contributed by atoms with van der Waals surface area (Å²) in [6.07, 6.45) is 1.45. The minimum absolute atomic E-state index is 0.180. The van der Waals surface area contributed by atoms with E-state index in [1.54, 1.807) is 13.2 Å². The molecule has 0 bridgehead atoms. The molecule has 19 heavy (non-hydrogen) atoms. The van der Waals surface area contributed by atoms with Gasteiger partial charge in [-0.2, -0.15) is 0 Å². The molecule has 0 fully saturated rings. The number of hydrogen-bond donors (Lipinski definition) is 2. The van der Waals surface area contributed by atoms with Gasteiger partial charge in [0.25, 0.3) is 0 Å². The molecule has 6 heteroatoms. The molecule has 0 spiro atoms. The number of carboxylic acids is 1. The standard InChI is InChI=1S/C13H11BrN2O3/c1-19-11-6-9(14)5-10(7-11)16-12-4-8(13(17)18)2-3-15-12/h2-7H,1H3,(H,15,16)(H,17,18). The molecular formula is C13H11BrN2O3. The van der Waals surface area contributed by atoms with Crippen molar-refractivity contribution < 1.29 is 14.6 Å². The molecule has 1 aromatic carbocycles. The summed E-state index contributed by atoms with van der Waals surface area (Å²) >= 11 is 3.37. The highest BCUT2D eigenvalue weighted by atomic mass is 79.9. The fourth-order valence-electron chi connectivity index (χ4n) is 1.53. The van der Waals surface area contributed by atoms with Crippen molar-refractivity contribution in [3.63, 3.8) is 0 Å². The number of carboxylic acid groups (broad SMARTS) is 1. The van der Waals surface area contributed by atoms with E-state index in [9.17, 15) is 4.79 Å². The fourth-order valence-corrected chi connectivity index (χ4v) is 2.00. The van der Waals surface area contributed by atoms with Crippen molar-refractivity contribution in [2.24, 2.45) is 0 Å². The third-order valence-corrected chi connectivity index (χ3v) is 2.84. The lowest BCUT2D eigenvalue weighted by Gasteiger charge is -2.08. The Balaban J connectivity index is 2.28. The monoisotopic (exact) mass is 322 g/mol. The second-order valence-electron chi connectivity index (χ2n) is 3.74. The summed E-state index contributed by atoms with van der Waals surface area (Å²) in [5.74, 6) is 0.156. The number of aromatic nitrogens is 1. The lowest BCUT2D eigenvalue weighted by molar-refractivity contribution is 0.0697. The molecule has 0 atom stereocenters. The van der Waals surface area contributed by atoms with Crippen LogP contribution in [0.2, 0.25) is 0 Å². The summed E-state index contributed by atoms with van der Waals surface area (Å²) in [4.78, 5) is 14.9. The van der Waals surface area contributed by atoms with Crippen LogP contribution in [0.25, 0.3) is 0 Å². The minimum atomic E-state index is -0.989. The number of halogens is 1. The highest BCUT2D eigenvalue weighted by molar-refractivity contribution is 9.10. The third kappa shape index (κ3) is 3.45. The first kappa shape index (κ1) is 13.4. The molecular weight excluding hydrogens is 312 g/mol. The van der Waals surface area contributed by atoms with Gasteiger partial charge in [-0.15, -0.1) is 0 Å². The molecule has 2 N–H and O–H groups in total. The second-order valence-corrected chi connectivity index (χ2v) is 4.66. The fraction of sp³-hybridized carbons (Fsp3) is 0.0769. The maximum atomic E-state index is 10.9. The molecule has 0 unspecified atom stereocenters. The van der Waals surface area contributed by atoms with Gasteiger partial charge in [-0.3, -0.25) is 0 Å². The van der Waals surface area contributed by atoms with Crippen molar-refractivity contribution in [1.29, 1.82) is 0 Å². The van der Waals surface area contributed by atoms with Gasteiger partial charge in [-0.05, 0) is 24.3 Å². The van der Waals surface area contributed by atoms with Crippen molar-refractivity contribution in [3.05, 3.63) is 46.6 Å². The normalized spacial score (nSPS) is 10.0. The van der Waals surface area contributed by atoms with Crippen LogP contribution in [0.5, 0.6) is 5.75 Å². The Labute approximate surface area is 118 Å². The number of benzene rings is 1. The molecule has 0 saturated carbocycles. The third-order valence-electron chi connectivity index (χ3n) is 2.39. The highest BCUT2D eigenvalue weighted by Gasteiger charge is 2.05. The number of rotatable bonds is 4. The predicted octanol–water partition coefficient (Wildman–Crippen LogP) is 3.29. The number of hydrogen-bond acceptors (Lipinski definition) is 4. The number of nitrogens with one attached hydrogen (secondary N) is 1. The summed E-state index contributed by atoms with van der Waals surface area (Å²) < 4.78 is 6.00. The smallest absolute Gasteiger partial charge is 0.335 e. The zero-order valence-electron chi connectivity index (χ0n) is 10.1. The summed E-state index contributed by atoms with van der Waals surface area (Å²) in [7, 11) is 1.58. The van der Waals surface area contributed by atoms with Gasteiger partial charge in [-0.25, -0.2) is 9.78 Å². The molecule has 1 aromatic heterocycles. The van der Waals surface area contributed by atoms with Crippen LogP contribution in [0.1, 0.15) is 10.4 Å². The number of methoxy groups -OCH3 is 1. The van der Waals surface area contributed by atoms with Gasteiger partial charge in [0.1, 0.15) is 11.6 Å². The summed E-state index contributed by atoms with van der Waals surface area (Å²) in [5.41, 5.74) is 0.931. The molecule has 1 heterocycles. The number of aromatic carboxylic acids is 1. The predicted molar refractivity (Wildman–Crippen MR) is 75.2 cm³/mol. The lowest BCUT2D eigenvalue weighted by Crippen LogP contribution is -2.00. The zero-order valence-corrected chi connectivity index (χ0v) is 11.6. The summed E-state index contributed by atoms with van der Waals surface area (Å²) in [6.45, 7) is 0. The van der Waals surface area contributed by atoms with Crippen molar-refractivity contribution in [1.82, 2.24) is 4.98 Å². The number of pyridine rings is 1. The van der Waals surface area contributed by atoms with E-state index in [0.717, 1.165) is 10.2 Å². The van der Waals surface area contributed by atoms with Crippen molar-refractivity contribution in [2.75, 3.05) is 12.4 Å². The minimum Gasteiger partial charge on any atom is -0.497 e. The molecule has 2 aromatic rings. The van der Waals surface area contributed by atoms with Crippen molar-refractivity contribution in [3.8, 4) is 5.75 Å². The van der Waals surface area contributed by atoms with Gasteiger partial charge >= 0.3 is 5.97 Å². The van der Waals surface area contributed by atoms with E-state index in [0.29, 0.717) is 11.6 Å². The lowest BCUT2D eigenvalue weighted by atomic mass is 10.2. The molecule has 0 aliphatic carbocycles. The first-order chi connectivity index (χ1) is 9.08. The highest BCUT2D eigenvalue weighted by Crippen LogP contribution is 2.26. The molecule has 98 valence electrons. The summed E-state index contributed by atoms with van der Waals surface area (Å²) in [6, 6.07) is 8.37. The second kappa shape index (κ2) is 5.71. The van der Waals surface area contributed by atoms with Crippen LogP contribution in [-0.4, -0.2) is 23.2 Å². The molecule has 0 amide bonds. The Bertz CT molecular complexity index is 617. The average Bonchev–Trinajstić information content (AvgIpc) is 2.38. The van der Waals surface area contributed by atoms with Crippen LogP contribution < -0.4 is 10.1 Å². The summed E-state index contributed by atoms with van der Waals surface area (Å²) in [5, 5.41) is 11.9. The van der Waals surface area contributed by atoms with Crippen LogP contribution in [0.3, 0.4) is 0 Å². The Kier molecular flexibility index (Phi) is 4.01. The number of nitrogens with zero attached hydrogens (tertiary/aromatic N) is 1. The Morgan fingerprint density at radius 2 is 2.16 bits per heavy atom. The number of anilines is 2. The Morgan fingerprint density at radius 3 is 2.84 bits per heavy atom. The van der Waals surface area contributed by atoms with E-state index < -0.39 is 5.97 Å². The van der Waals surface area contributed by atoms with Gasteiger partial charge in [0.2, 0.25) is 0 Å². The molecule has 0 radical (unpaired) electrons. The van der Waals surface area contributed by atoms with Gasteiger partial charge in [0, 0.05) is 22.4 Å². The van der Waals surface area contributed by atoms with Crippen LogP contribution in [-0.2, 0) is 0 Å². The van der Waals surface area contributed by atoms with Gasteiger partial charge in [-0.1, -0.05) is 15.9 Å². The van der Waals surface area contributed by atoms with Crippen molar-refractivity contribution in [2.45, 2.75) is 0 Å². The van der Waals surface area contributed by atoms with E-state index >= 15 is 0 Å². The van der Waals surface area contributed by atoms with E-state index in [4.69, 9.17) is 9.84 Å². The first-order valence-corrected chi connectivity index (χ1v) is 6.19. The molecule has 0 aliphatic rings. The van der Waals surface area contributed by atoms with Gasteiger partial charge in [0.15, 0.2) is 0 Å². The average molecular weight is 323 g/mol. The van der Waals surface area contributed by atoms with Crippen molar-refractivity contribution >= 4 is 33.4 Å². The molecule has 0 saturated heterocycles. The van der Waals surface area contributed by atoms with E-state index in [1.165, 1.54) is 18.3 Å². The first-order valence-electron chi connectivity index (χ1n) is 5.39. The van der Waals surface area contributed by atoms with Crippen LogP contribution >= 0.6 is 15.9 Å². The topological polar surface area (TPSA) is 71.5 Å². The molecule has 5 nitrogen and oxygen atoms in total. The van der Waals surface area contributed by atoms with E-state index in [1.807, 2.05) is 12.1 Å². The van der Waals surface area contributed by atoms with E-state index in [2.05, 4.69) is 26.2 Å². The Morgan fingerprint density at radius 1 is 1.37 bits per heavy atom. The number of carbonyl (C=O) groups is 1.